The van der Waals surface area contributed by atoms with Crippen LogP contribution in [0.5, 0.6) is 0 Å². The number of hydrogen-bond donors (Lipinski definition) is 2. The molecule has 46 valence electrons. The first-order chi connectivity index (χ1) is 3.63. The van der Waals surface area contributed by atoms with E-state index < -0.39 is 0 Å². The lowest BCUT2D eigenvalue weighted by Crippen LogP contribution is -2.21. The first kappa shape index (κ1) is 6.94. The van der Waals surface area contributed by atoms with E-state index in [-0.39, 0.29) is 5.96 Å². The molecule has 0 heterocycles. The van der Waals surface area contributed by atoms with Crippen LogP contribution in [0.4, 0.5) is 0 Å². The number of rotatable bonds is 1. The molecule has 0 bridgehead atoms. The highest BCUT2D eigenvalue weighted by Crippen LogP contribution is 1.73. The van der Waals surface area contributed by atoms with Crippen molar-refractivity contribution in [2.24, 2.45) is 21.7 Å². The molecular weight excluding hydrogens is 104 g/mol. The largest absolute Gasteiger partial charge is 0.369 e. The maximum atomic E-state index is 4.96. The first-order valence-corrected chi connectivity index (χ1v) is 2.22. The minimum atomic E-state index is -0.00815. The van der Waals surface area contributed by atoms with Crippen LogP contribution in [-0.2, 0) is 0 Å². The van der Waals surface area contributed by atoms with E-state index in [1.165, 1.54) is 0 Å². The Balaban J connectivity index is 3.76. The van der Waals surface area contributed by atoms with Gasteiger partial charge >= 0.3 is 0 Å². The average Bonchev–Trinajstić information content (AvgIpc) is 1.61. The van der Waals surface area contributed by atoms with Crippen molar-refractivity contribution in [2.45, 2.75) is 13.8 Å². The fourth-order valence-electron chi connectivity index (χ4n) is 0.158. The highest BCUT2D eigenvalue weighted by Gasteiger charge is 1.74. The third kappa shape index (κ3) is 4.94. The summed E-state index contributed by atoms with van der Waals surface area (Å²) in [6, 6.07) is 0. The maximum absolute atomic E-state index is 4.96. The summed E-state index contributed by atoms with van der Waals surface area (Å²) in [5.41, 5.74) is 10.8. The van der Waals surface area contributed by atoms with E-state index in [1.54, 1.807) is 0 Å². The first-order valence-electron chi connectivity index (χ1n) is 2.22. The van der Waals surface area contributed by atoms with Crippen LogP contribution in [0.15, 0.2) is 10.2 Å². The van der Waals surface area contributed by atoms with Crippen LogP contribution in [-0.4, -0.2) is 11.7 Å². The second-order valence-corrected chi connectivity index (χ2v) is 1.57. The molecule has 0 spiro atoms. The molecule has 0 aliphatic heterocycles. The zero-order valence-electron chi connectivity index (χ0n) is 5.05. The molecule has 0 rings (SSSR count). The van der Waals surface area contributed by atoms with Gasteiger partial charge in [0.15, 0.2) is 0 Å². The minimum absolute atomic E-state index is 0.00815. The van der Waals surface area contributed by atoms with E-state index in [4.69, 9.17) is 11.5 Å². The van der Waals surface area contributed by atoms with Crippen molar-refractivity contribution in [1.29, 1.82) is 0 Å². The molecule has 0 aromatic carbocycles. The molecule has 0 atom stereocenters. The molecule has 0 aliphatic rings. The Kier molecular flexibility index (Phi) is 2.61. The number of nitrogens with two attached hydrogens (primary N) is 2. The molecule has 0 fully saturated rings. The summed E-state index contributed by atoms with van der Waals surface area (Å²) in [4.78, 5) is 0. The SMILES string of the molecule is CC(C)=NN=C(N)N. The van der Waals surface area contributed by atoms with Gasteiger partial charge in [-0.15, -0.1) is 5.10 Å². The van der Waals surface area contributed by atoms with Crippen LogP contribution in [0, 0.1) is 0 Å². The molecule has 0 aromatic rings. The van der Waals surface area contributed by atoms with E-state index in [2.05, 4.69) is 10.2 Å². The Hall–Kier alpha value is -1.06. The fraction of sp³-hybridized carbons (Fsp3) is 0.500. The van der Waals surface area contributed by atoms with Gasteiger partial charge in [0.1, 0.15) is 0 Å². The maximum Gasteiger partial charge on any atom is 0.211 e. The van der Waals surface area contributed by atoms with E-state index in [9.17, 15) is 0 Å². The Labute approximate surface area is 48.3 Å². The van der Waals surface area contributed by atoms with E-state index in [1.807, 2.05) is 13.8 Å². The summed E-state index contributed by atoms with van der Waals surface area (Å²) in [5.74, 6) is -0.00815. The van der Waals surface area contributed by atoms with Crippen LogP contribution >= 0.6 is 0 Å². The van der Waals surface area contributed by atoms with Gasteiger partial charge in [0.2, 0.25) is 5.96 Å². The Bertz CT molecular complexity index is 100. The van der Waals surface area contributed by atoms with E-state index in [0.29, 0.717) is 0 Å². The molecular formula is C4H10N4. The molecule has 4 heteroatoms. The normalized spacial score (nSPS) is 7.75. The summed E-state index contributed by atoms with van der Waals surface area (Å²) in [6.45, 7) is 3.62. The van der Waals surface area contributed by atoms with Gasteiger partial charge in [0.05, 0.1) is 0 Å². The van der Waals surface area contributed by atoms with Gasteiger partial charge in [-0.25, -0.2) is 0 Å². The fourth-order valence-corrected chi connectivity index (χ4v) is 0.158. The van der Waals surface area contributed by atoms with Crippen LogP contribution < -0.4 is 11.5 Å². The predicted molar refractivity (Wildman–Crippen MR) is 34.6 cm³/mol. The summed E-state index contributed by atoms with van der Waals surface area (Å²) >= 11 is 0. The Morgan fingerprint density at radius 1 is 1.12 bits per heavy atom. The molecule has 8 heavy (non-hydrogen) atoms. The molecule has 4 nitrogen and oxygen atoms in total. The van der Waals surface area contributed by atoms with Crippen LogP contribution in [0.25, 0.3) is 0 Å². The topological polar surface area (TPSA) is 76.8 Å². The predicted octanol–water partition coefficient (Wildman–Crippen LogP) is -0.344. The van der Waals surface area contributed by atoms with Crippen molar-refractivity contribution in [2.75, 3.05) is 0 Å². The lowest BCUT2D eigenvalue weighted by atomic mass is 10.5. The third-order valence-electron chi connectivity index (χ3n) is 0.365. The quantitative estimate of drug-likeness (QED) is 0.278. The van der Waals surface area contributed by atoms with Crippen molar-refractivity contribution < 1.29 is 0 Å². The summed E-state index contributed by atoms with van der Waals surface area (Å²) in [7, 11) is 0. The molecule has 0 radical (unpaired) electrons. The number of nitrogens with zero attached hydrogens (tertiary/aromatic N) is 2. The molecule has 0 amide bonds. The molecule has 0 aliphatic carbocycles. The van der Waals surface area contributed by atoms with Gasteiger partial charge in [0.25, 0.3) is 0 Å². The van der Waals surface area contributed by atoms with Gasteiger partial charge in [-0.3, -0.25) is 0 Å². The van der Waals surface area contributed by atoms with Gasteiger partial charge in [-0.2, -0.15) is 5.10 Å². The zero-order valence-corrected chi connectivity index (χ0v) is 5.05. The number of hydrogen-bond acceptors (Lipinski definition) is 2. The lowest BCUT2D eigenvalue weighted by molar-refractivity contribution is 1.19. The molecule has 0 unspecified atom stereocenters. The van der Waals surface area contributed by atoms with E-state index >= 15 is 0 Å². The highest BCUT2D eigenvalue weighted by molar-refractivity contribution is 5.81. The molecule has 0 aromatic heterocycles. The van der Waals surface area contributed by atoms with Gasteiger partial charge in [0, 0.05) is 5.71 Å². The Morgan fingerprint density at radius 3 is 1.75 bits per heavy atom. The van der Waals surface area contributed by atoms with Crippen molar-refractivity contribution in [3.8, 4) is 0 Å². The van der Waals surface area contributed by atoms with Crippen LogP contribution in [0.2, 0.25) is 0 Å². The minimum Gasteiger partial charge on any atom is -0.369 e. The standard InChI is InChI=1S/C4H10N4/c1-3(2)7-8-4(5)6/h1-2H3,(H4,5,6,8). The lowest BCUT2D eigenvalue weighted by Gasteiger charge is -1.83. The van der Waals surface area contributed by atoms with E-state index in [0.717, 1.165) is 5.71 Å². The van der Waals surface area contributed by atoms with Crippen molar-refractivity contribution in [3.05, 3.63) is 0 Å². The van der Waals surface area contributed by atoms with Crippen LogP contribution in [0.3, 0.4) is 0 Å². The van der Waals surface area contributed by atoms with Gasteiger partial charge < -0.3 is 11.5 Å². The number of guanidine groups is 1. The van der Waals surface area contributed by atoms with Crippen molar-refractivity contribution in [3.63, 3.8) is 0 Å². The average molecular weight is 114 g/mol. The molecule has 4 N–H and O–H groups in total. The monoisotopic (exact) mass is 114 g/mol. The molecule has 0 saturated heterocycles. The summed E-state index contributed by atoms with van der Waals surface area (Å²) in [6.07, 6.45) is 0. The van der Waals surface area contributed by atoms with Gasteiger partial charge in [-0.1, -0.05) is 0 Å². The smallest absolute Gasteiger partial charge is 0.211 e. The van der Waals surface area contributed by atoms with Crippen LogP contribution in [0.1, 0.15) is 13.8 Å². The second kappa shape index (κ2) is 3.01. The second-order valence-electron chi connectivity index (χ2n) is 1.57. The van der Waals surface area contributed by atoms with Crippen molar-refractivity contribution >= 4 is 11.7 Å². The zero-order chi connectivity index (χ0) is 6.57. The van der Waals surface area contributed by atoms with Gasteiger partial charge in [-0.05, 0) is 13.8 Å². The summed E-state index contributed by atoms with van der Waals surface area (Å²) in [5, 5.41) is 6.96. The Morgan fingerprint density at radius 2 is 1.62 bits per heavy atom. The summed E-state index contributed by atoms with van der Waals surface area (Å²) < 4.78 is 0. The van der Waals surface area contributed by atoms with Crippen molar-refractivity contribution in [1.82, 2.24) is 0 Å². The highest BCUT2D eigenvalue weighted by atomic mass is 15.3. The molecule has 0 saturated carbocycles. The third-order valence-corrected chi connectivity index (χ3v) is 0.365.